The smallest absolute Gasteiger partial charge is 0.291 e. The number of hydrogen-bond acceptors (Lipinski definition) is 7. The summed E-state index contributed by atoms with van der Waals surface area (Å²) in [7, 11) is 0. The van der Waals surface area contributed by atoms with Gasteiger partial charge < -0.3 is 15.5 Å². The summed E-state index contributed by atoms with van der Waals surface area (Å²) in [5, 5.41) is 5.44. The van der Waals surface area contributed by atoms with Crippen LogP contribution in [-0.2, 0) is 13.1 Å². The fourth-order valence-electron chi connectivity index (χ4n) is 5.81. The Kier molecular flexibility index (Phi) is 6.85. The fraction of sp³-hybridized carbons (Fsp3) is 0.0541. The molecule has 0 saturated carbocycles. The van der Waals surface area contributed by atoms with Crippen LogP contribution in [0.25, 0.3) is 41.1 Å². The minimum Gasteiger partial charge on any atom is -0.459 e. The summed E-state index contributed by atoms with van der Waals surface area (Å²) in [4.78, 5) is 23.6. The van der Waals surface area contributed by atoms with Crippen LogP contribution in [-0.4, -0.2) is 18.3 Å². The molecule has 0 spiro atoms. The van der Waals surface area contributed by atoms with Gasteiger partial charge in [-0.1, -0.05) is 36.4 Å². The molecule has 4 aromatic carbocycles. The summed E-state index contributed by atoms with van der Waals surface area (Å²) in [6.07, 6.45) is 5.28. The molecule has 0 unspecified atom stereocenters. The maximum atomic E-state index is 12.3. The third kappa shape index (κ3) is 5.24. The Labute approximate surface area is 267 Å². The number of nitrogens with one attached hydrogen (secondary N) is 1. The lowest BCUT2D eigenvalue weighted by molar-refractivity contribution is 0.0996. The van der Waals surface area contributed by atoms with E-state index >= 15 is 0 Å². The van der Waals surface area contributed by atoms with Gasteiger partial charge >= 0.3 is 0 Å². The Bertz CT molecular complexity index is 2230. The van der Waals surface area contributed by atoms with Crippen molar-refractivity contribution in [2.24, 2.45) is 9.98 Å². The van der Waals surface area contributed by atoms with Gasteiger partial charge in [0.25, 0.3) is 5.91 Å². The maximum Gasteiger partial charge on any atom is 0.291 e. The van der Waals surface area contributed by atoms with E-state index in [1.54, 1.807) is 23.5 Å². The van der Waals surface area contributed by atoms with Crippen LogP contribution < -0.4 is 11.1 Å². The van der Waals surface area contributed by atoms with E-state index in [1.807, 2.05) is 48.0 Å². The number of carbonyl (C=O) groups is 1. The number of amides is 1. The molecule has 5 heterocycles. The van der Waals surface area contributed by atoms with Crippen LogP contribution in [0.2, 0.25) is 0 Å². The zero-order chi connectivity index (χ0) is 30.3. The SMILES string of the molecule is Nc1cc2c(c(-c3cc4ccccc4s3)c1)CN=C2.O=C(Nc1cc2c(c(-c3cc4ccccc4s3)c1)CN=C2)c1ccco1. The van der Waals surface area contributed by atoms with Gasteiger partial charge in [0.2, 0.25) is 0 Å². The Morgan fingerprint density at radius 3 is 1.91 bits per heavy atom. The summed E-state index contributed by atoms with van der Waals surface area (Å²) < 4.78 is 7.74. The van der Waals surface area contributed by atoms with Crippen molar-refractivity contribution in [2.75, 3.05) is 11.1 Å². The van der Waals surface area contributed by atoms with Crippen molar-refractivity contribution in [2.45, 2.75) is 13.1 Å². The van der Waals surface area contributed by atoms with E-state index in [-0.39, 0.29) is 5.91 Å². The summed E-state index contributed by atoms with van der Waals surface area (Å²) in [5.41, 5.74) is 14.6. The zero-order valence-corrected chi connectivity index (χ0v) is 25.6. The Balaban J connectivity index is 0.000000140. The first-order chi connectivity index (χ1) is 22.1. The molecule has 0 atom stereocenters. The number of furan rings is 1. The van der Waals surface area contributed by atoms with E-state index in [1.165, 1.54) is 52.9 Å². The van der Waals surface area contributed by atoms with Gasteiger partial charge in [0.15, 0.2) is 5.76 Å². The quantitative estimate of drug-likeness (QED) is 0.192. The van der Waals surface area contributed by atoms with Gasteiger partial charge in [-0.2, -0.15) is 0 Å². The molecule has 0 saturated heterocycles. The molecular weight excluding hydrogens is 597 g/mol. The topological polar surface area (TPSA) is 93.0 Å². The molecule has 2 aliphatic rings. The highest BCUT2D eigenvalue weighted by Gasteiger charge is 2.19. The molecule has 3 aromatic heterocycles. The average Bonchev–Trinajstić information content (AvgIpc) is 3.88. The number of nitrogens with two attached hydrogens (primary N) is 1. The van der Waals surface area contributed by atoms with E-state index in [9.17, 15) is 4.79 Å². The highest BCUT2D eigenvalue weighted by molar-refractivity contribution is 7.22. The molecular formula is C37H26N4O2S2. The lowest BCUT2D eigenvalue weighted by atomic mass is 10.0. The number of nitrogens with zero attached hydrogens (tertiary/aromatic N) is 2. The third-order valence-electron chi connectivity index (χ3n) is 7.94. The fourth-order valence-corrected chi connectivity index (χ4v) is 8.02. The van der Waals surface area contributed by atoms with Crippen molar-refractivity contribution in [1.29, 1.82) is 0 Å². The van der Waals surface area contributed by atoms with Crippen LogP contribution in [0.15, 0.2) is 118 Å². The Hall–Kier alpha value is -5.31. The van der Waals surface area contributed by atoms with Crippen molar-refractivity contribution in [3.63, 3.8) is 0 Å². The standard InChI is InChI=1S/C21H14N2O2S.C16H12N2S/c24-21(18-5-3-7-25-18)23-15-8-14-11-22-12-17(14)16(10-15)20-9-13-4-1-2-6-19(13)26-20;17-12-5-11-8-18-9-14(11)13(7-12)16-6-10-3-1-2-4-15(10)19-16/h1-11H,12H2,(H,23,24);1-8H,9,17H2. The predicted octanol–water partition coefficient (Wildman–Crippen LogP) is 9.43. The second-order valence-electron chi connectivity index (χ2n) is 10.9. The molecule has 0 aliphatic carbocycles. The van der Waals surface area contributed by atoms with Crippen LogP contribution in [0.4, 0.5) is 11.4 Å². The number of thiophene rings is 2. The molecule has 2 aliphatic heterocycles. The minimum atomic E-state index is -0.257. The van der Waals surface area contributed by atoms with Crippen LogP contribution in [0.1, 0.15) is 32.8 Å². The highest BCUT2D eigenvalue weighted by atomic mass is 32.1. The Morgan fingerprint density at radius 2 is 1.31 bits per heavy atom. The van der Waals surface area contributed by atoms with Gasteiger partial charge in [0, 0.05) is 54.1 Å². The minimum absolute atomic E-state index is 0.257. The van der Waals surface area contributed by atoms with Gasteiger partial charge in [-0.15, -0.1) is 22.7 Å². The summed E-state index contributed by atoms with van der Waals surface area (Å²) in [6.45, 7) is 1.44. The van der Waals surface area contributed by atoms with E-state index in [0.29, 0.717) is 12.3 Å². The number of carbonyl (C=O) groups excluding carboxylic acids is 1. The van der Waals surface area contributed by atoms with Gasteiger partial charge in [-0.3, -0.25) is 14.8 Å². The predicted molar refractivity (Wildman–Crippen MR) is 188 cm³/mol. The molecule has 45 heavy (non-hydrogen) atoms. The van der Waals surface area contributed by atoms with Crippen molar-refractivity contribution >= 4 is 72.6 Å². The van der Waals surface area contributed by atoms with Crippen molar-refractivity contribution < 1.29 is 9.21 Å². The molecule has 3 N–H and O–H groups in total. The molecule has 218 valence electrons. The first kappa shape index (κ1) is 27.3. The van der Waals surface area contributed by atoms with Crippen molar-refractivity contribution in [1.82, 2.24) is 0 Å². The molecule has 0 fully saturated rings. The van der Waals surface area contributed by atoms with Crippen LogP contribution in [0.3, 0.4) is 0 Å². The van der Waals surface area contributed by atoms with E-state index in [2.05, 4.69) is 76.0 Å². The number of aliphatic imine (C=N–C) groups is 2. The third-order valence-corrected chi connectivity index (χ3v) is 10.2. The zero-order valence-electron chi connectivity index (χ0n) is 24.0. The van der Waals surface area contributed by atoms with Crippen LogP contribution in [0.5, 0.6) is 0 Å². The molecule has 0 radical (unpaired) electrons. The molecule has 1 amide bonds. The number of benzene rings is 4. The lowest BCUT2D eigenvalue weighted by Gasteiger charge is -2.10. The van der Waals surface area contributed by atoms with Crippen molar-refractivity contribution in [3.05, 3.63) is 131 Å². The van der Waals surface area contributed by atoms with E-state index in [4.69, 9.17) is 10.2 Å². The van der Waals surface area contributed by atoms with Gasteiger partial charge in [0.05, 0.1) is 19.4 Å². The average molecular weight is 623 g/mol. The molecule has 6 nitrogen and oxygen atoms in total. The first-order valence-electron chi connectivity index (χ1n) is 14.5. The molecule has 0 bridgehead atoms. The van der Waals surface area contributed by atoms with Gasteiger partial charge in [-0.25, -0.2) is 0 Å². The second-order valence-corrected chi connectivity index (χ2v) is 13.1. The first-order valence-corrected chi connectivity index (χ1v) is 16.1. The second kappa shape index (κ2) is 11.3. The van der Waals surface area contributed by atoms with Crippen LogP contribution >= 0.6 is 22.7 Å². The van der Waals surface area contributed by atoms with E-state index < -0.39 is 0 Å². The normalized spacial score (nSPS) is 12.7. The number of anilines is 2. The summed E-state index contributed by atoms with van der Waals surface area (Å²) in [6, 6.07) is 32.7. The van der Waals surface area contributed by atoms with Crippen LogP contribution in [0, 0.1) is 0 Å². The van der Waals surface area contributed by atoms with Gasteiger partial charge in [0.1, 0.15) is 0 Å². The Morgan fingerprint density at radius 1 is 0.711 bits per heavy atom. The molecule has 7 aromatic rings. The number of hydrogen-bond donors (Lipinski definition) is 2. The lowest BCUT2D eigenvalue weighted by Crippen LogP contribution is -2.11. The number of rotatable bonds is 4. The number of fused-ring (bicyclic) bond motifs is 4. The van der Waals surface area contributed by atoms with Gasteiger partial charge in [-0.05, 0) is 93.7 Å². The summed E-state index contributed by atoms with van der Waals surface area (Å²) in [5.74, 6) is 0.0368. The summed E-state index contributed by atoms with van der Waals surface area (Å²) >= 11 is 3.57. The largest absolute Gasteiger partial charge is 0.459 e. The molecule has 9 rings (SSSR count). The maximum absolute atomic E-state index is 12.3. The van der Waals surface area contributed by atoms with E-state index in [0.717, 1.165) is 34.6 Å². The monoisotopic (exact) mass is 622 g/mol. The molecule has 8 heteroatoms. The highest BCUT2D eigenvalue weighted by Crippen LogP contribution is 2.40. The van der Waals surface area contributed by atoms with Crippen molar-refractivity contribution in [3.8, 4) is 20.9 Å². The number of nitrogen functional groups attached to an aromatic ring is 1.